The van der Waals surface area contributed by atoms with Gasteiger partial charge < -0.3 is 10.1 Å². The third-order valence-corrected chi connectivity index (χ3v) is 4.11. The van der Waals surface area contributed by atoms with E-state index in [1.54, 1.807) is 37.7 Å². The SMILES string of the molecule is COc1cccc(C(=O)NC(CN=[N+]=[N-])c2ccccc2)c1-c1cn[nH]c1. The number of aromatic nitrogens is 2. The number of azide groups is 1. The number of benzene rings is 2. The molecule has 1 aromatic heterocycles. The van der Waals surface area contributed by atoms with E-state index in [0.29, 0.717) is 16.9 Å². The van der Waals surface area contributed by atoms with Gasteiger partial charge in [0, 0.05) is 22.2 Å². The number of nitrogens with zero attached hydrogens (tertiary/aromatic N) is 4. The van der Waals surface area contributed by atoms with Crippen molar-refractivity contribution >= 4 is 5.91 Å². The molecule has 8 heteroatoms. The van der Waals surface area contributed by atoms with Gasteiger partial charge in [0.25, 0.3) is 5.91 Å². The Balaban J connectivity index is 1.96. The molecule has 2 N–H and O–H groups in total. The van der Waals surface area contributed by atoms with E-state index < -0.39 is 6.04 Å². The smallest absolute Gasteiger partial charge is 0.252 e. The maximum Gasteiger partial charge on any atom is 0.252 e. The minimum absolute atomic E-state index is 0.108. The summed E-state index contributed by atoms with van der Waals surface area (Å²) < 4.78 is 5.43. The second kappa shape index (κ2) is 8.55. The third-order valence-electron chi connectivity index (χ3n) is 4.11. The number of amides is 1. The van der Waals surface area contributed by atoms with Gasteiger partial charge in [-0.2, -0.15) is 5.10 Å². The van der Waals surface area contributed by atoms with Gasteiger partial charge in [0.05, 0.1) is 31.5 Å². The molecule has 1 unspecified atom stereocenters. The Hall–Kier alpha value is -3.77. The Morgan fingerprint density at radius 3 is 2.78 bits per heavy atom. The van der Waals surface area contributed by atoms with E-state index in [2.05, 4.69) is 25.5 Å². The molecule has 0 radical (unpaired) electrons. The molecule has 0 saturated carbocycles. The quantitative estimate of drug-likeness (QED) is 0.377. The molecule has 8 nitrogen and oxygen atoms in total. The highest BCUT2D eigenvalue weighted by atomic mass is 16.5. The molecule has 0 saturated heterocycles. The van der Waals surface area contributed by atoms with E-state index in [4.69, 9.17) is 10.3 Å². The molecular formula is C19H18N6O2. The van der Waals surface area contributed by atoms with Crippen LogP contribution in [0, 0.1) is 0 Å². The van der Waals surface area contributed by atoms with Crippen LogP contribution in [0.1, 0.15) is 22.0 Å². The fraction of sp³-hybridized carbons (Fsp3) is 0.158. The summed E-state index contributed by atoms with van der Waals surface area (Å²) in [5, 5.41) is 13.3. The number of aromatic amines is 1. The van der Waals surface area contributed by atoms with Gasteiger partial charge in [0.1, 0.15) is 5.75 Å². The minimum atomic E-state index is -0.446. The number of methoxy groups -OCH3 is 1. The van der Waals surface area contributed by atoms with Crippen LogP contribution in [0.2, 0.25) is 0 Å². The van der Waals surface area contributed by atoms with E-state index in [1.165, 1.54) is 0 Å². The highest BCUT2D eigenvalue weighted by molar-refractivity contribution is 6.02. The summed E-state index contributed by atoms with van der Waals surface area (Å²) in [6.45, 7) is 0.108. The van der Waals surface area contributed by atoms with Gasteiger partial charge >= 0.3 is 0 Å². The van der Waals surface area contributed by atoms with Crippen LogP contribution in [0.5, 0.6) is 5.75 Å². The Bertz CT molecular complexity index is 950. The number of ether oxygens (including phenoxy) is 1. The lowest BCUT2D eigenvalue weighted by molar-refractivity contribution is 0.0938. The zero-order valence-electron chi connectivity index (χ0n) is 14.7. The van der Waals surface area contributed by atoms with Crippen molar-refractivity contribution in [1.82, 2.24) is 15.5 Å². The van der Waals surface area contributed by atoms with E-state index >= 15 is 0 Å². The van der Waals surface area contributed by atoms with Crippen molar-refractivity contribution in [3.05, 3.63) is 82.5 Å². The molecule has 0 fully saturated rings. The molecular weight excluding hydrogens is 344 g/mol. The van der Waals surface area contributed by atoms with Gasteiger partial charge in [-0.05, 0) is 23.2 Å². The second-order valence-corrected chi connectivity index (χ2v) is 5.72. The standard InChI is InChI=1S/C19H18N6O2/c1-27-17-9-5-8-15(18(17)14-10-21-22-11-14)19(26)24-16(12-23-25-20)13-6-3-2-4-7-13/h2-11,16H,12H2,1H3,(H,21,22)(H,24,26). The molecule has 0 aliphatic heterocycles. The summed E-state index contributed by atoms with van der Waals surface area (Å²) in [6, 6.07) is 14.2. The Morgan fingerprint density at radius 1 is 1.30 bits per heavy atom. The van der Waals surface area contributed by atoms with Crippen LogP contribution < -0.4 is 10.1 Å². The predicted octanol–water partition coefficient (Wildman–Crippen LogP) is 3.87. The van der Waals surface area contributed by atoms with Crippen molar-refractivity contribution < 1.29 is 9.53 Å². The average molecular weight is 362 g/mol. The van der Waals surface area contributed by atoms with Crippen molar-refractivity contribution in [3.63, 3.8) is 0 Å². The van der Waals surface area contributed by atoms with Crippen molar-refractivity contribution in [1.29, 1.82) is 0 Å². The van der Waals surface area contributed by atoms with E-state index in [1.807, 2.05) is 30.3 Å². The van der Waals surface area contributed by atoms with Gasteiger partial charge in [0.15, 0.2) is 0 Å². The summed E-state index contributed by atoms with van der Waals surface area (Å²) in [5.74, 6) is 0.266. The van der Waals surface area contributed by atoms with Crippen LogP contribution in [0.4, 0.5) is 0 Å². The summed E-state index contributed by atoms with van der Waals surface area (Å²) in [7, 11) is 1.55. The van der Waals surface area contributed by atoms with Crippen LogP contribution in [-0.4, -0.2) is 29.8 Å². The average Bonchev–Trinajstić information content (AvgIpc) is 3.25. The summed E-state index contributed by atoms with van der Waals surface area (Å²) >= 11 is 0. The van der Waals surface area contributed by atoms with Crippen LogP contribution in [0.15, 0.2) is 66.0 Å². The molecule has 2 aromatic carbocycles. The molecule has 1 atom stereocenters. The predicted molar refractivity (Wildman–Crippen MR) is 101 cm³/mol. The van der Waals surface area contributed by atoms with Gasteiger partial charge in [-0.25, -0.2) is 0 Å². The van der Waals surface area contributed by atoms with Crippen molar-refractivity contribution in [3.8, 4) is 16.9 Å². The van der Waals surface area contributed by atoms with E-state index in [9.17, 15) is 4.79 Å². The van der Waals surface area contributed by atoms with Crippen molar-refractivity contribution in [2.75, 3.05) is 13.7 Å². The molecule has 3 aromatic rings. The normalized spacial score (nSPS) is 11.3. The van der Waals surface area contributed by atoms with E-state index in [-0.39, 0.29) is 12.5 Å². The molecule has 0 bridgehead atoms. The first-order valence-electron chi connectivity index (χ1n) is 8.27. The van der Waals surface area contributed by atoms with Gasteiger partial charge in [-0.1, -0.05) is 41.5 Å². The zero-order chi connectivity index (χ0) is 19.1. The van der Waals surface area contributed by atoms with Crippen LogP contribution in [0.3, 0.4) is 0 Å². The van der Waals surface area contributed by atoms with Crippen LogP contribution in [-0.2, 0) is 0 Å². The maximum atomic E-state index is 13.0. The largest absolute Gasteiger partial charge is 0.496 e. The number of carbonyl (C=O) groups excluding carboxylic acids is 1. The third kappa shape index (κ3) is 4.08. The number of H-pyrrole nitrogens is 1. The lowest BCUT2D eigenvalue weighted by atomic mass is 9.99. The Kier molecular flexibility index (Phi) is 5.71. The number of rotatable bonds is 7. The lowest BCUT2D eigenvalue weighted by Crippen LogP contribution is -2.30. The molecule has 1 heterocycles. The number of nitrogens with one attached hydrogen (secondary N) is 2. The van der Waals surface area contributed by atoms with Crippen molar-refractivity contribution in [2.24, 2.45) is 5.11 Å². The second-order valence-electron chi connectivity index (χ2n) is 5.72. The summed E-state index contributed by atoms with van der Waals surface area (Å²) in [4.78, 5) is 15.9. The summed E-state index contributed by atoms with van der Waals surface area (Å²) in [6.07, 6.45) is 3.33. The first kappa shape index (κ1) is 18.0. The number of hydrogen-bond acceptors (Lipinski definition) is 4. The highest BCUT2D eigenvalue weighted by Gasteiger charge is 2.21. The van der Waals surface area contributed by atoms with Crippen molar-refractivity contribution in [2.45, 2.75) is 6.04 Å². The minimum Gasteiger partial charge on any atom is -0.496 e. The fourth-order valence-electron chi connectivity index (χ4n) is 2.85. The molecule has 0 aliphatic rings. The molecule has 0 aliphatic carbocycles. The zero-order valence-corrected chi connectivity index (χ0v) is 14.7. The van der Waals surface area contributed by atoms with Gasteiger partial charge in [0.2, 0.25) is 0 Å². The summed E-state index contributed by atoms with van der Waals surface area (Å²) in [5.41, 5.74) is 11.3. The molecule has 1 amide bonds. The highest BCUT2D eigenvalue weighted by Crippen LogP contribution is 2.33. The number of carbonyl (C=O) groups is 1. The fourth-order valence-corrected chi connectivity index (χ4v) is 2.85. The molecule has 27 heavy (non-hydrogen) atoms. The van der Waals surface area contributed by atoms with Crippen LogP contribution in [0.25, 0.3) is 21.6 Å². The number of hydrogen-bond donors (Lipinski definition) is 2. The first-order chi connectivity index (χ1) is 13.2. The maximum absolute atomic E-state index is 13.0. The lowest BCUT2D eigenvalue weighted by Gasteiger charge is -2.19. The van der Waals surface area contributed by atoms with Gasteiger partial charge in [-0.15, -0.1) is 0 Å². The van der Waals surface area contributed by atoms with Crippen LogP contribution >= 0.6 is 0 Å². The van der Waals surface area contributed by atoms with Gasteiger partial charge in [-0.3, -0.25) is 9.89 Å². The Labute approximate surface area is 155 Å². The Morgan fingerprint density at radius 2 is 2.11 bits per heavy atom. The monoisotopic (exact) mass is 362 g/mol. The topological polar surface area (TPSA) is 116 Å². The molecule has 136 valence electrons. The first-order valence-corrected chi connectivity index (χ1v) is 8.27. The molecule has 3 rings (SSSR count). The molecule has 0 spiro atoms. The van der Waals surface area contributed by atoms with E-state index in [0.717, 1.165) is 11.1 Å².